The molecule has 6 nitrogen and oxygen atoms in total. The first-order valence-corrected chi connectivity index (χ1v) is 6.20. The van der Waals surface area contributed by atoms with E-state index >= 15 is 0 Å². The van der Waals surface area contributed by atoms with Gasteiger partial charge in [-0.1, -0.05) is 0 Å². The maximum Gasteiger partial charge on any atom is 0.234 e. The third-order valence-electron chi connectivity index (χ3n) is 3.29. The quantitative estimate of drug-likeness (QED) is 0.702. The molecule has 100 valence electrons. The second-order valence-electron chi connectivity index (χ2n) is 4.57. The fourth-order valence-corrected chi connectivity index (χ4v) is 2.19. The second-order valence-corrected chi connectivity index (χ2v) is 4.57. The van der Waals surface area contributed by atoms with E-state index in [1.165, 1.54) is 0 Å². The maximum atomic E-state index is 11.8. The van der Waals surface area contributed by atoms with Crippen molar-refractivity contribution < 1.29 is 9.59 Å². The van der Waals surface area contributed by atoms with Crippen molar-refractivity contribution in [2.45, 2.75) is 31.7 Å². The number of amides is 2. The Labute approximate surface area is 107 Å². The van der Waals surface area contributed by atoms with Crippen LogP contribution in [0.3, 0.4) is 0 Å². The lowest BCUT2D eigenvalue weighted by atomic mass is 10.2. The van der Waals surface area contributed by atoms with Crippen molar-refractivity contribution in [1.82, 2.24) is 9.80 Å². The summed E-state index contributed by atoms with van der Waals surface area (Å²) in [5, 5.41) is 8.45. The van der Waals surface area contributed by atoms with Crippen LogP contribution < -0.4 is 5.73 Å². The van der Waals surface area contributed by atoms with E-state index < -0.39 is 0 Å². The Morgan fingerprint density at radius 2 is 2.28 bits per heavy atom. The third-order valence-corrected chi connectivity index (χ3v) is 3.29. The van der Waals surface area contributed by atoms with E-state index in [1.54, 1.807) is 11.9 Å². The van der Waals surface area contributed by atoms with Crippen LogP contribution in [0.4, 0.5) is 0 Å². The minimum atomic E-state index is -0.308. The van der Waals surface area contributed by atoms with Gasteiger partial charge in [0.05, 0.1) is 18.5 Å². The summed E-state index contributed by atoms with van der Waals surface area (Å²) in [5.41, 5.74) is 5.31. The van der Waals surface area contributed by atoms with E-state index in [1.807, 2.05) is 11.0 Å². The molecule has 2 N–H and O–H groups in total. The number of nitriles is 1. The first-order valence-electron chi connectivity index (χ1n) is 6.20. The molecule has 1 unspecified atom stereocenters. The number of nitrogens with zero attached hydrogens (tertiary/aromatic N) is 3. The minimum absolute atomic E-state index is 0.000343. The van der Waals surface area contributed by atoms with Gasteiger partial charge in [0.15, 0.2) is 0 Å². The summed E-state index contributed by atoms with van der Waals surface area (Å²) in [4.78, 5) is 26.5. The first kappa shape index (κ1) is 14.5. The second kappa shape index (κ2) is 6.97. The summed E-state index contributed by atoms with van der Waals surface area (Å²) < 4.78 is 0. The van der Waals surface area contributed by atoms with Crippen molar-refractivity contribution >= 4 is 11.8 Å². The van der Waals surface area contributed by atoms with Gasteiger partial charge in [-0.25, -0.2) is 0 Å². The largest absolute Gasteiger partial charge is 0.368 e. The van der Waals surface area contributed by atoms with Gasteiger partial charge in [0.2, 0.25) is 11.8 Å². The van der Waals surface area contributed by atoms with Crippen molar-refractivity contribution in [3.8, 4) is 6.07 Å². The summed E-state index contributed by atoms with van der Waals surface area (Å²) in [6.07, 6.45) is 2.45. The Bertz CT molecular complexity index is 350. The van der Waals surface area contributed by atoms with Gasteiger partial charge in [0.1, 0.15) is 0 Å². The van der Waals surface area contributed by atoms with E-state index in [0.717, 1.165) is 19.4 Å². The fourth-order valence-electron chi connectivity index (χ4n) is 2.19. The normalized spacial score (nSPS) is 19.4. The minimum Gasteiger partial charge on any atom is -0.368 e. The molecule has 0 aromatic rings. The molecule has 1 aliphatic heterocycles. The molecule has 0 aromatic carbocycles. The zero-order valence-electron chi connectivity index (χ0n) is 10.8. The van der Waals surface area contributed by atoms with Crippen LogP contribution in [0.15, 0.2) is 0 Å². The molecule has 0 aromatic heterocycles. The van der Waals surface area contributed by atoms with Crippen LogP contribution in [0.1, 0.15) is 25.7 Å². The van der Waals surface area contributed by atoms with Crippen LogP contribution in [0.25, 0.3) is 0 Å². The lowest BCUT2D eigenvalue weighted by Crippen LogP contribution is -2.42. The van der Waals surface area contributed by atoms with Crippen molar-refractivity contribution in [2.24, 2.45) is 5.73 Å². The van der Waals surface area contributed by atoms with Gasteiger partial charge in [-0.2, -0.15) is 5.26 Å². The van der Waals surface area contributed by atoms with E-state index in [2.05, 4.69) is 0 Å². The van der Waals surface area contributed by atoms with Gasteiger partial charge in [-0.15, -0.1) is 0 Å². The molecule has 1 atom stereocenters. The Balaban J connectivity index is 2.34. The summed E-state index contributed by atoms with van der Waals surface area (Å²) in [7, 11) is 1.69. The molecule has 1 heterocycles. The van der Waals surface area contributed by atoms with Crippen molar-refractivity contribution in [3.63, 3.8) is 0 Å². The Morgan fingerprint density at radius 1 is 1.56 bits per heavy atom. The number of nitrogens with two attached hydrogens (primary N) is 1. The van der Waals surface area contributed by atoms with E-state index in [0.29, 0.717) is 25.9 Å². The highest BCUT2D eigenvalue weighted by atomic mass is 16.2. The molecule has 0 saturated carbocycles. The number of carbonyl (C=O) groups excluding carboxylic acids is 2. The maximum absolute atomic E-state index is 11.8. The van der Waals surface area contributed by atoms with Crippen molar-refractivity contribution in [2.75, 3.05) is 26.7 Å². The average molecular weight is 252 g/mol. The van der Waals surface area contributed by atoms with Crippen molar-refractivity contribution in [3.05, 3.63) is 0 Å². The summed E-state index contributed by atoms with van der Waals surface area (Å²) in [5.74, 6) is -0.307. The molecular weight excluding hydrogens is 232 g/mol. The molecular formula is C12H20N4O2. The van der Waals surface area contributed by atoms with Gasteiger partial charge in [0.25, 0.3) is 0 Å². The average Bonchev–Trinajstić information content (AvgIpc) is 2.81. The summed E-state index contributed by atoms with van der Waals surface area (Å²) >= 11 is 0. The van der Waals surface area contributed by atoms with Gasteiger partial charge in [0, 0.05) is 26.6 Å². The molecule has 6 heteroatoms. The van der Waals surface area contributed by atoms with Gasteiger partial charge >= 0.3 is 0 Å². The lowest BCUT2D eigenvalue weighted by molar-refractivity contribution is -0.131. The van der Waals surface area contributed by atoms with Gasteiger partial charge < -0.3 is 10.6 Å². The van der Waals surface area contributed by atoms with Gasteiger partial charge in [-0.3, -0.25) is 14.5 Å². The highest BCUT2D eigenvalue weighted by Crippen LogP contribution is 2.16. The number of likely N-dealkylation sites (tertiary alicyclic amines) is 1. The number of rotatable bonds is 6. The van der Waals surface area contributed by atoms with E-state index in [-0.39, 0.29) is 17.9 Å². The summed E-state index contributed by atoms with van der Waals surface area (Å²) in [6, 6.07) is 1.79. The molecule has 2 amide bonds. The number of hydrogen-bond acceptors (Lipinski definition) is 4. The SMILES string of the molecule is CN(CCC#N)C(=O)CCN1CCCC1C(N)=O. The van der Waals surface area contributed by atoms with Crippen LogP contribution in [0, 0.1) is 11.3 Å². The van der Waals surface area contributed by atoms with Crippen molar-refractivity contribution in [1.29, 1.82) is 5.26 Å². The van der Waals surface area contributed by atoms with E-state index in [4.69, 9.17) is 11.0 Å². The summed E-state index contributed by atoms with van der Waals surface area (Å²) in [6.45, 7) is 1.83. The smallest absolute Gasteiger partial charge is 0.234 e. The van der Waals surface area contributed by atoms with Crippen LogP contribution in [0.5, 0.6) is 0 Å². The van der Waals surface area contributed by atoms with Crippen LogP contribution in [-0.4, -0.2) is 54.3 Å². The Kier molecular flexibility index (Phi) is 5.59. The highest BCUT2D eigenvalue weighted by Gasteiger charge is 2.29. The predicted molar refractivity (Wildman–Crippen MR) is 66.3 cm³/mol. The zero-order valence-corrected chi connectivity index (χ0v) is 10.8. The first-order chi connectivity index (χ1) is 8.56. The van der Waals surface area contributed by atoms with Crippen LogP contribution in [-0.2, 0) is 9.59 Å². The topological polar surface area (TPSA) is 90.4 Å². The lowest BCUT2D eigenvalue weighted by Gasteiger charge is -2.23. The Morgan fingerprint density at radius 3 is 2.89 bits per heavy atom. The van der Waals surface area contributed by atoms with Gasteiger partial charge in [-0.05, 0) is 19.4 Å². The number of primary amides is 1. The highest BCUT2D eigenvalue weighted by molar-refractivity contribution is 5.80. The molecule has 1 rings (SSSR count). The molecule has 1 aliphatic rings. The Hall–Kier alpha value is -1.61. The van der Waals surface area contributed by atoms with Crippen LogP contribution in [0.2, 0.25) is 0 Å². The monoisotopic (exact) mass is 252 g/mol. The molecule has 0 bridgehead atoms. The zero-order chi connectivity index (χ0) is 13.5. The molecule has 0 aliphatic carbocycles. The standard InChI is InChI=1S/C12H20N4O2/c1-15(7-3-6-13)11(17)5-9-16-8-2-4-10(16)12(14)18/h10H,2-5,7-9H2,1H3,(H2,14,18). The number of carbonyl (C=O) groups is 2. The molecule has 0 spiro atoms. The van der Waals surface area contributed by atoms with Crippen LogP contribution >= 0.6 is 0 Å². The van der Waals surface area contributed by atoms with E-state index in [9.17, 15) is 9.59 Å². The molecule has 1 fully saturated rings. The molecule has 18 heavy (non-hydrogen) atoms. The third kappa shape index (κ3) is 4.00. The number of hydrogen-bond donors (Lipinski definition) is 1. The molecule has 1 saturated heterocycles. The predicted octanol–water partition coefficient (Wildman–Crippen LogP) is -0.302. The fraction of sp³-hybridized carbons (Fsp3) is 0.750. The molecule has 0 radical (unpaired) electrons.